The van der Waals surface area contributed by atoms with Crippen molar-refractivity contribution >= 4 is 0 Å². The molecule has 1 aromatic rings. The highest BCUT2D eigenvalue weighted by atomic mass is 16.5. The maximum absolute atomic E-state index is 5.86. The van der Waals surface area contributed by atoms with Crippen molar-refractivity contribution in [2.24, 2.45) is 5.41 Å². The van der Waals surface area contributed by atoms with Gasteiger partial charge in [-0.05, 0) is 31.7 Å². The first-order valence-electron chi connectivity index (χ1n) is 8.09. The summed E-state index contributed by atoms with van der Waals surface area (Å²) in [5.41, 5.74) is -0.0440. The second kappa shape index (κ2) is 6.44. The molecule has 0 amide bonds. The van der Waals surface area contributed by atoms with Gasteiger partial charge in [0.15, 0.2) is 0 Å². The predicted octanol–water partition coefficient (Wildman–Crippen LogP) is 3.22. The second-order valence-electron chi connectivity index (χ2n) is 7.12. The van der Waals surface area contributed by atoms with Crippen LogP contribution in [0.2, 0.25) is 0 Å². The van der Waals surface area contributed by atoms with E-state index in [0.29, 0.717) is 12.4 Å². The molecule has 1 fully saturated rings. The van der Waals surface area contributed by atoms with Crippen molar-refractivity contribution in [1.29, 1.82) is 0 Å². The molecule has 2 atom stereocenters. The molecule has 0 bridgehead atoms. The van der Waals surface area contributed by atoms with Crippen LogP contribution in [-0.4, -0.2) is 29.8 Å². The average Bonchev–Trinajstić information content (AvgIpc) is 3.04. The maximum Gasteiger partial charge on any atom is 0.234 e. The molecule has 0 saturated carbocycles. The largest absolute Gasteiger partial charge is 0.370 e. The molecular weight excluding hydrogens is 266 g/mol. The summed E-state index contributed by atoms with van der Waals surface area (Å²) < 4.78 is 11.5. The number of hydrogen-bond donors (Lipinski definition) is 1. The lowest BCUT2D eigenvalue weighted by Gasteiger charge is -2.27. The number of hydrogen-bond acceptors (Lipinski definition) is 5. The van der Waals surface area contributed by atoms with E-state index in [1.54, 1.807) is 0 Å². The Morgan fingerprint density at radius 2 is 2.14 bits per heavy atom. The van der Waals surface area contributed by atoms with Crippen LogP contribution in [0.1, 0.15) is 71.7 Å². The summed E-state index contributed by atoms with van der Waals surface area (Å²) in [6, 6.07) is 0. The van der Waals surface area contributed by atoms with Gasteiger partial charge in [-0.1, -0.05) is 39.3 Å². The van der Waals surface area contributed by atoms with Crippen molar-refractivity contribution in [3.05, 3.63) is 11.7 Å². The first kappa shape index (κ1) is 16.4. The van der Waals surface area contributed by atoms with Gasteiger partial charge >= 0.3 is 0 Å². The number of aromatic nitrogens is 2. The minimum absolute atomic E-state index is 0.00858. The Morgan fingerprint density at radius 3 is 2.67 bits per heavy atom. The summed E-state index contributed by atoms with van der Waals surface area (Å²) in [6.07, 6.45) is 3.13. The van der Waals surface area contributed by atoms with E-state index in [2.05, 4.69) is 38.2 Å². The Hall–Kier alpha value is -0.940. The Bertz CT molecular complexity index is 445. The highest BCUT2D eigenvalue weighted by molar-refractivity contribution is 5.11. The second-order valence-corrected chi connectivity index (χ2v) is 7.12. The Balaban J connectivity index is 2.27. The van der Waals surface area contributed by atoms with Crippen LogP contribution in [0.15, 0.2) is 4.52 Å². The van der Waals surface area contributed by atoms with E-state index in [1.807, 2.05) is 6.92 Å². The molecular formula is C16H29N3O2. The summed E-state index contributed by atoms with van der Waals surface area (Å²) in [5, 5.41) is 7.67. The molecule has 1 aliphatic heterocycles. The van der Waals surface area contributed by atoms with Gasteiger partial charge in [-0.2, -0.15) is 4.98 Å². The van der Waals surface area contributed by atoms with Crippen LogP contribution in [0, 0.1) is 5.41 Å². The summed E-state index contributed by atoms with van der Waals surface area (Å²) in [4.78, 5) is 4.73. The molecule has 0 aliphatic carbocycles. The van der Waals surface area contributed by atoms with E-state index in [-0.39, 0.29) is 16.9 Å². The molecule has 1 aliphatic rings. The van der Waals surface area contributed by atoms with E-state index < -0.39 is 0 Å². The molecule has 2 unspecified atom stereocenters. The van der Waals surface area contributed by atoms with Gasteiger partial charge < -0.3 is 14.6 Å². The van der Waals surface area contributed by atoms with E-state index in [1.165, 1.54) is 0 Å². The van der Waals surface area contributed by atoms with Gasteiger partial charge in [0, 0.05) is 13.2 Å². The molecule has 21 heavy (non-hydrogen) atoms. The van der Waals surface area contributed by atoms with Crippen LogP contribution in [-0.2, 0) is 10.2 Å². The molecule has 2 heterocycles. The quantitative estimate of drug-likeness (QED) is 0.873. The number of ether oxygens (including phenoxy) is 1. The minimum atomic E-state index is -0.131. The third kappa shape index (κ3) is 3.46. The zero-order valence-electron chi connectivity index (χ0n) is 14.0. The van der Waals surface area contributed by atoms with Crippen LogP contribution < -0.4 is 5.32 Å². The van der Waals surface area contributed by atoms with E-state index >= 15 is 0 Å². The van der Waals surface area contributed by atoms with Crippen molar-refractivity contribution in [2.75, 3.05) is 19.7 Å². The Kier molecular flexibility index (Phi) is 5.04. The van der Waals surface area contributed by atoms with Crippen LogP contribution in [0.5, 0.6) is 0 Å². The average molecular weight is 295 g/mol. The molecule has 1 aromatic heterocycles. The molecule has 0 spiro atoms. The normalized spacial score (nSPS) is 24.4. The standard InChI is InChI=1S/C16H29N3O2/c1-6-8-16(9-10-17-11-16)14-18-13(19-21-14)12(20-7-2)15(3,4)5/h12,17H,6-11H2,1-5H3. The van der Waals surface area contributed by atoms with Gasteiger partial charge in [-0.15, -0.1) is 0 Å². The van der Waals surface area contributed by atoms with E-state index in [4.69, 9.17) is 14.2 Å². The van der Waals surface area contributed by atoms with Crippen LogP contribution in [0.4, 0.5) is 0 Å². The summed E-state index contributed by atoms with van der Waals surface area (Å²) in [7, 11) is 0. The SMILES string of the molecule is CCCC1(c2nc(C(OCC)C(C)(C)C)no2)CCNC1. The zero-order chi connectivity index (χ0) is 15.5. The topological polar surface area (TPSA) is 60.2 Å². The maximum atomic E-state index is 5.86. The first-order valence-corrected chi connectivity index (χ1v) is 8.09. The van der Waals surface area contributed by atoms with E-state index in [9.17, 15) is 0 Å². The molecule has 1 saturated heterocycles. The lowest BCUT2D eigenvalue weighted by molar-refractivity contribution is -0.0203. The molecule has 2 rings (SSSR count). The smallest absolute Gasteiger partial charge is 0.234 e. The van der Waals surface area contributed by atoms with Crippen LogP contribution in [0.3, 0.4) is 0 Å². The molecule has 0 radical (unpaired) electrons. The van der Waals surface area contributed by atoms with Gasteiger partial charge in [0.2, 0.25) is 11.7 Å². The lowest BCUT2D eigenvalue weighted by atomic mass is 9.82. The van der Waals surface area contributed by atoms with Gasteiger partial charge in [-0.25, -0.2) is 0 Å². The fraction of sp³-hybridized carbons (Fsp3) is 0.875. The molecule has 5 heteroatoms. The number of rotatable bonds is 6. The predicted molar refractivity (Wildman–Crippen MR) is 82.2 cm³/mol. The summed E-state index contributed by atoms with van der Waals surface area (Å²) >= 11 is 0. The van der Waals surface area contributed by atoms with Gasteiger partial charge in [0.1, 0.15) is 6.10 Å². The lowest BCUT2D eigenvalue weighted by Crippen LogP contribution is -2.29. The zero-order valence-corrected chi connectivity index (χ0v) is 14.0. The first-order chi connectivity index (χ1) is 9.93. The van der Waals surface area contributed by atoms with Crippen LogP contribution >= 0.6 is 0 Å². The third-order valence-electron chi connectivity index (χ3n) is 4.22. The number of nitrogens with zero attached hydrogens (tertiary/aromatic N) is 2. The monoisotopic (exact) mass is 295 g/mol. The molecule has 120 valence electrons. The summed E-state index contributed by atoms with van der Waals surface area (Å²) in [5.74, 6) is 1.46. The van der Waals surface area contributed by atoms with Crippen molar-refractivity contribution in [2.45, 2.75) is 65.4 Å². The fourth-order valence-electron chi connectivity index (χ4n) is 3.16. The number of nitrogens with one attached hydrogen (secondary N) is 1. The Morgan fingerprint density at radius 1 is 1.38 bits per heavy atom. The Labute approximate surface area is 127 Å². The molecule has 1 N–H and O–H groups in total. The van der Waals surface area contributed by atoms with Gasteiger partial charge in [0.05, 0.1) is 5.41 Å². The fourth-order valence-corrected chi connectivity index (χ4v) is 3.16. The molecule has 0 aromatic carbocycles. The minimum Gasteiger partial charge on any atom is -0.370 e. The molecule has 5 nitrogen and oxygen atoms in total. The van der Waals surface area contributed by atoms with Gasteiger partial charge in [-0.3, -0.25) is 0 Å². The summed E-state index contributed by atoms with van der Waals surface area (Å²) in [6.45, 7) is 13.2. The third-order valence-corrected chi connectivity index (χ3v) is 4.22. The van der Waals surface area contributed by atoms with Crippen molar-refractivity contribution in [3.63, 3.8) is 0 Å². The van der Waals surface area contributed by atoms with Crippen molar-refractivity contribution < 1.29 is 9.26 Å². The van der Waals surface area contributed by atoms with Crippen LogP contribution in [0.25, 0.3) is 0 Å². The van der Waals surface area contributed by atoms with Crippen molar-refractivity contribution in [3.8, 4) is 0 Å². The van der Waals surface area contributed by atoms with E-state index in [0.717, 1.165) is 38.2 Å². The highest BCUT2D eigenvalue weighted by Crippen LogP contribution is 2.38. The van der Waals surface area contributed by atoms with Crippen molar-refractivity contribution in [1.82, 2.24) is 15.5 Å². The highest BCUT2D eigenvalue weighted by Gasteiger charge is 2.41. The van der Waals surface area contributed by atoms with Gasteiger partial charge in [0.25, 0.3) is 0 Å².